The number of piperidine rings is 1. The first-order chi connectivity index (χ1) is 10.1. The summed E-state index contributed by atoms with van der Waals surface area (Å²) in [6.45, 7) is 5.74. The van der Waals surface area contributed by atoms with E-state index in [2.05, 4.69) is 23.9 Å². The van der Waals surface area contributed by atoms with E-state index in [9.17, 15) is 5.11 Å². The number of hydrogen-bond acceptors (Lipinski definition) is 4. The molecule has 2 rings (SSSR count). The van der Waals surface area contributed by atoms with Crippen LogP contribution in [0.5, 0.6) is 11.5 Å². The van der Waals surface area contributed by atoms with Crippen molar-refractivity contribution in [3.05, 3.63) is 18.2 Å². The standard InChI is InChI=1S/C17H28N2O2/c1-4-21-16-7-5-6-15(20)17(16)19-12-9-14(10-13-19)8-11-18(2)3/h5-7,14,20H,4,8-13H2,1-3H3. The summed E-state index contributed by atoms with van der Waals surface area (Å²) < 4.78 is 5.67. The van der Waals surface area contributed by atoms with Crippen LogP contribution in [0.25, 0.3) is 0 Å². The first-order valence-electron chi connectivity index (χ1n) is 7.96. The Kier molecular flexibility index (Phi) is 5.74. The second-order valence-corrected chi connectivity index (χ2v) is 6.08. The third kappa shape index (κ3) is 4.27. The molecule has 4 nitrogen and oxygen atoms in total. The molecule has 1 aliphatic rings. The van der Waals surface area contributed by atoms with Crippen LogP contribution in [-0.4, -0.2) is 50.3 Å². The second-order valence-electron chi connectivity index (χ2n) is 6.08. The van der Waals surface area contributed by atoms with Crippen LogP contribution in [0.4, 0.5) is 5.69 Å². The molecule has 1 heterocycles. The number of phenolic OH excluding ortho intramolecular Hbond substituents is 1. The predicted molar refractivity (Wildman–Crippen MR) is 87.4 cm³/mol. The zero-order chi connectivity index (χ0) is 15.2. The monoisotopic (exact) mass is 292 g/mol. The van der Waals surface area contributed by atoms with Gasteiger partial charge in [0.2, 0.25) is 0 Å². The molecule has 118 valence electrons. The highest BCUT2D eigenvalue weighted by Crippen LogP contribution is 2.39. The highest BCUT2D eigenvalue weighted by atomic mass is 16.5. The van der Waals surface area contributed by atoms with Crippen molar-refractivity contribution in [3.8, 4) is 11.5 Å². The Morgan fingerprint density at radius 2 is 2.00 bits per heavy atom. The van der Waals surface area contributed by atoms with Gasteiger partial charge in [-0.15, -0.1) is 0 Å². The number of hydrogen-bond donors (Lipinski definition) is 1. The van der Waals surface area contributed by atoms with Gasteiger partial charge in [0.15, 0.2) is 0 Å². The molecule has 0 spiro atoms. The highest BCUT2D eigenvalue weighted by Gasteiger charge is 2.23. The lowest BCUT2D eigenvalue weighted by atomic mass is 9.93. The summed E-state index contributed by atoms with van der Waals surface area (Å²) in [6.07, 6.45) is 3.64. The summed E-state index contributed by atoms with van der Waals surface area (Å²) in [5, 5.41) is 10.2. The number of rotatable bonds is 6. The van der Waals surface area contributed by atoms with E-state index in [0.29, 0.717) is 12.4 Å². The van der Waals surface area contributed by atoms with Crippen LogP contribution in [0.2, 0.25) is 0 Å². The maximum atomic E-state index is 10.2. The molecule has 1 fully saturated rings. The average Bonchev–Trinajstić information content (AvgIpc) is 2.46. The molecular weight excluding hydrogens is 264 g/mol. The molecule has 0 unspecified atom stereocenters. The van der Waals surface area contributed by atoms with Gasteiger partial charge >= 0.3 is 0 Å². The molecule has 0 bridgehead atoms. The van der Waals surface area contributed by atoms with Gasteiger partial charge < -0.3 is 19.6 Å². The van der Waals surface area contributed by atoms with Gasteiger partial charge in [-0.25, -0.2) is 0 Å². The smallest absolute Gasteiger partial charge is 0.146 e. The summed E-state index contributed by atoms with van der Waals surface area (Å²) >= 11 is 0. The molecular formula is C17H28N2O2. The normalized spacial score (nSPS) is 16.5. The minimum absolute atomic E-state index is 0.327. The fourth-order valence-electron chi connectivity index (χ4n) is 2.99. The van der Waals surface area contributed by atoms with Crippen molar-refractivity contribution < 1.29 is 9.84 Å². The Balaban J connectivity index is 1.99. The van der Waals surface area contributed by atoms with Crippen molar-refractivity contribution in [1.29, 1.82) is 0 Å². The van der Waals surface area contributed by atoms with Crippen LogP contribution >= 0.6 is 0 Å². The van der Waals surface area contributed by atoms with E-state index in [4.69, 9.17) is 4.74 Å². The first kappa shape index (κ1) is 16.0. The summed E-state index contributed by atoms with van der Waals surface area (Å²) in [5.41, 5.74) is 0.866. The molecule has 0 saturated carbocycles. The van der Waals surface area contributed by atoms with Crippen LogP contribution in [-0.2, 0) is 0 Å². The van der Waals surface area contributed by atoms with E-state index < -0.39 is 0 Å². The average molecular weight is 292 g/mol. The Hall–Kier alpha value is -1.42. The van der Waals surface area contributed by atoms with Crippen molar-refractivity contribution in [2.45, 2.75) is 26.2 Å². The van der Waals surface area contributed by atoms with E-state index in [1.54, 1.807) is 6.07 Å². The third-order valence-corrected chi connectivity index (χ3v) is 4.19. The van der Waals surface area contributed by atoms with Crippen LogP contribution in [0.15, 0.2) is 18.2 Å². The zero-order valence-corrected chi connectivity index (χ0v) is 13.5. The number of phenols is 1. The lowest BCUT2D eigenvalue weighted by molar-refractivity contribution is 0.308. The maximum Gasteiger partial charge on any atom is 0.146 e. The third-order valence-electron chi connectivity index (χ3n) is 4.19. The van der Waals surface area contributed by atoms with Crippen molar-refractivity contribution in [2.75, 3.05) is 45.2 Å². The van der Waals surface area contributed by atoms with E-state index in [1.807, 2.05) is 19.1 Å². The van der Waals surface area contributed by atoms with Crippen molar-refractivity contribution in [3.63, 3.8) is 0 Å². The van der Waals surface area contributed by atoms with E-state index in [-0.39, 0.29) is 0 Å². The largest absolute Gasteiger partial charge is 0.506 e. The Bertz CT molecular complexity index is 440. The number of ether oxygens (including phenoxy) is 1. The van der Waals surface area contributed by atoms with Crippen LogP contribution < -0.4 is 9.64 Å². The number of nitrogens with zero attached hydrogens (tertiary/aromatic N) is 2. The Labute approximate surface area is 128 Å². The van der Waals surface area contributed by atoms with E-state index >= 15 is 0 Å². The van der Waals surface area contributed by atoms with Gasteiger partial charge in [0.1, 0.15) is 17.2 Å². The Morgan fingerprint density at radius 3 is 2.62 bits per heavy atom. The predicted octanol–water partition coefficient (Wildman–Crippen LogP) is 2.96. The van der Waals surface area contributed by atoms with Gasteiger partial charge in [0.25, 0.3) is 0 Å². The van der Waals surface area contributed by atoms with E-state index in [0.717, 1.165) is 37.0 Å². The molecule has 0 atom stereocenters. The molecule has 1 N–H and O–H groups in total. The molecule has 0 aromatic heterocycles. The molecule has 0 radical (unpaired) electrons. The van der Waals surface area contributed by atoms with E-state index in [1.165, 1.54) is 19.3 Å². The van der Waals surface area contributed by atoms with Crippen LogP contribution in [0.3, 0.4) is 0 Å². The number of aromatic hydroxyl groups is 1. The van der Waals surface area contributed by atoms with Gasteiger partial charge in [-0.05, 0) is 64.9 Å². The maximum absolute atomic E-state index is 10.2. The molecule has 1 saturated heterocycles. The Morgan fingerprint density at radius 1 is 1.29 bits per heavy atom. The number of benzene rings is 1. The van der Waals surface area contributed by atoms with Gasteiger partial charge in [-0.2, -0.15) is 0 Å². The second kappa shape index (κ2) is 7.55. The quantitative estimate of drug-likeness (QED) is 0.874. The SMILES string of the molecule is CCOc1cccc(O)c1N1CCC(CCN(C)C)CC1. The first-order valence-corrected chi connectivity index (χ1v) is 7.96. The summed E-state index contributed by atoms with van der Waals surface area (Å²) in [7, 11) is 4.26. The molecule has 21 heavy (non-hydrogen) atoms. The highest BCUT2D eigenvalue weighted by molar-refractivity contribution is 5.67. The van der Waals surface area contributed by atoms with Crippen molar-refractivity contribution >= 4 is 5.69 Å². The number of anilines is 1. The molecule has 1 aliphatic heterocycles. The van der Waals surface area contributed by atoms with Gasteiger partial charge in [-0.1, -0.05) is 6.07 Å². The van der Waals surface area contributed by atoms with Gasteiger partial charge in [0.05, 0.1) is 6.61 Å². The molecule has 0 aliphatic carbocycles. The fraction of sp³-hybridized carbons (Fsp3) is 0.647. The molecule has 4 heteroatoms. The number of para-hydroxylation sites is 1. The van der Waals surface area contributed by atoms with Crippen molar-refractivity contribution in [1.82, 2.24) is 4.90 Å². The summed E-state index contributed by atoms with van der Waals surface area (Å²) in [4.78, 5) is 4.52. The van der Waals surface area contributed by atoms with Gasteiger partial charge in [-0.3, -0.25) is 0 Å². The molecule has 1 aromatic carbocycles. The zero-order valence-electron chi connectivity index (χ0n) is 13.5. The minimum atomic E-state index is 0.327. The lowest BCUT2D eigenvalue weighted by Crippen LogP contribution is -2.34. The topological polar surface area (TPSA) is 35.9 Å². The lowest BCUT2D eigenvalue weighted by Gasteiger charge is -2.35. The summed E-state index contributed by atoms with van der Waals surface area (Å²) in [5.74, 6) is 1.92. The fourth-order valence-corrected chi connectivity index (χ4v) is 2.99. The van der Waals surface area contributed by atoms with Crippen LogP contribution in [0.1, 0.15) is 26.2 Å². The minimum Gasteiger partial charge on any atom is -0.506 e. The molecule has 0 amide bonds. The molecule has 1 aromatic rings. The van der Waals surface area contributed by atoms with Gasteiger partial charge in [0, 0.05) is 13.1 Å². The van der Waals surface area contributed by atoms with Crippen LogP contribution in [0, 0.1) is 5.92 Å². The summed E-state index contributed by atoms with van der Waals surface area (Å²) in [6, 6.07) is 5.53. The van der Waals surface area contributed by atoms with Crippen molar-refractivity contribution in [2.24, 2.45) is 5.92 Å².